The Hall–Kier alpha value is -4.51. The molecule has 8 heteroatoms. The van der Waals surface area contributed by atoms with Crippen molar-refractivity contribution in [3.8, 4) is 11.8 Å². The summed E-state index contributed by atoms with van der Waals surface area (Å²) in [5.41, 5.74) is 3.26. The van der Waals surface area contributed by atoms with Crippen LogP contribution in [0.2, 0.25) is 0 Å². The summed E-state index contributed by atoms with van der Waals surface area (Å²) in [6.07, 6.45) is 0.800. The van der Waals surface area contributed by atoms with Gasteiger partial charge in [0.2, 0.25) is 0 Å². The molecule has 1 saturated heterocycles. The molecule has 0 aromatic heterocycles. The number of benzene rings is 3. The molecule has 34 heavy (non-hydrogen) atoms. The zero-order valence-corrected chi connectivity index (χ0v) is 18.8. The summed E-state index contributed by atoms with van der Waals surface area (Å²) in [5, 5.41) is 14.9. The van der Waals surface area contributed by atoms with Gasteiger partial charge in [-0.1, -0.05) is 30.3 Å². The molecule has 1 aliphatic heterocycles. The second kappa shape index (κ2) is 10.4. The smallest absolute Gasteiger partial charge is 0.324 e. The molecular weight excluding hydrogens is 430 g/mol. The molecule has 2 N–H and O–H groups in total. The number of carbonyl (C=O) groups excluding carboxylic acids is 2. The Labute approximate surface area is 198 Å². The number of hydrogen-bond acceptors (Lipinski definition) is 4. The maximum atomic E-state index is 13.2. The zero-order chi connectivity index (χ0) is 23.9. The maximum absolute atomic E-state index is 13.2. The zero-order valence-electron chi connectivity index (χ0n) is 18.8. The monoisotopic (exact) mass is 455 g/mol. The number of anilines is 3. The van der Waals surface area contributed by atoms with Crippen LogP contribution in [0.1, 0.15) is 17.5 Å². The molecule has 1 fully saturated rings. The Morgan fingerprint density at radius 2 is 1.74 bits per heavy atom. The van der Waals surface area contributed by atoms with Crippen LogP contribution < -0.4 is 20.3 Å². The Kier molecular flexibility index (Phi) is 6.94. The van der Waals surface area contributed by atoms with Crippen molar-refractivity contribution in [2.45, 2.75) is 13.0 Å². The highest BCUT2D eigenvalue weighted by Gasteiger charge is 2.27. The predicted octanol–water partition coefficient (Wildman–Crippen LogP) is 5.04. The van der Waals surface area contributed by atoms with Gasteiger partial charge in [0.05, 0.1) is 18.7 Å². The van der Waals surface area contributed by atoms with Gasteiger partial charge in [0, 0.05) is 42.8 Å². The summed E-state index contributed by atoms with van der Waals surface area (Å²) in [6.45, 7) is 1.57. The molecule has 0 saturated carbocycles. The van der Waals surface area contributed by atoms with Gasteiger partial charge in [-0.3, -0.25) is 4.90 Å². The molecule has 1 heterocycles. The minimum absolute atomic E-state index is 0.128. The van der Waals surface area contributed by atoms with E-state index in [0.29, 0.717) is 48.0 Å². The minimum atomic E-state index is -0.398. The number of methoxy groups -OCH3 is 1. The molecule has 3 aromatic carbocycles. The van der Waals surface area contributed by atoms with Gasteiger partial charge in [0.1, 0.15) is 5.75 Å². The Morgan fingerprint density at radius 1 is 1.00 bits per heavy atom. The second-order valence-electron chi connectivity index (χ2n) is 7.84. The van der Waals surface area contributed by atoms with Crippen molar-refractivity contribution in [3.05, 3.63) is 83.9 Å². The fourth-order valence-electron chi connectivity index (χ4n) is 3.89. The van der Waals surface area contributed by atoms with E-state index in [0.717, 1.165) is 12.0 Å². The Morgan fingerprint density at radius 3 is 2.50 bits per heavy atom. The Bertz CT molecular complexity index is 1240. The van der Waals surface area contributed by atoms with Crippen molar-refractivity contribution in [1.29, 1.82) is 5.26 Å². The largest absolute Gasteiger partial charge is 0.497 e. The molecule has 8 nitrogen and oxygen atoms in total. The van der Waals surface area contributed by atoms with E-state index in [1.807, 2.05) is 24.3 Å². The summed E-state index contributed by atoms with van der Waals surface area (Å²) in [7, 11) is 1.57. The van der Waals surface area contributed by atoms with Crippen LogP contribution >= 0.6 is 0 Å². The van der Waals surface area contributed by atoms with E-state index >= 15 is 0 Å². The standard InChI is InChI=1S/C26H25N5O3/c1-34-24-12-5-10-22(16-24)29-25(32)28-21-9-4-11-23(15-21)31-14-6-13-30(26(31)33)18-20-8-3-2-7-19(20)17-27/h2-5,7-12,15-16H,6,13-14,18H2,1H3,(H2,28,29,32). The molecule has 0 radical (unpaired) electrons. The number of hydrogen-bond donors (Lipinski definition) is 2. The van der Waals surface area contributed by atoms with Crippen LogP contribution in [-0.4, -0.2) is 37.2 Å². The normalized spacial score (nSPS) is 13.2. The topological polar surface area (TPSA) is 97.7 Å². The molecule has 0 atom stereocenters. The van der Waals surface area contributed by atoms with Crippen molar-refractivity contribution in [1.82, 2.24) is 4.90 Å². The lowest BCUT2D eigenvalue weighted by atomic mass is 10.1. The molecule has 0 spiro atoms. The quantitative estimate of drug-likeness (QED) is 0.544. The average molecular weight is 456 g/mol. The van der Waals surface area contributed by atoms with E-state index in [-0.39, 0.29) is 6.03 Å². The van der Waals surface area contributed by atoms with E-state index in [1.54, 1.807) is 65.4 Å². The predicted molar refractivity (Wildman–Crippen MR) is 131 cm³/mol. The van der Waals surface area contributed by atoms with Crippen LogP contribution in [0.4, 0.5) is 26.7 Å². The molecule has 0 bridgehead atoms. The lowest BCUT2D eigenvalue weighted by Crippen LogP contribution is -2.49. The average Bonchev–Trinajstić information content (AvgIpc) is 2.86. The highest BCUT2D eigenvalue weighted by molar-refractivity contribution is 6.00. The van der Waals surface area contributed by atoms with Crippen LogP contribution in [0.25, 0.3) is 0 Å². The summed E-state index contributed by atoms with van der Waals surface area (Å²) in [5.74, 6) is 0.644. The summed E-state index contributed by atoms with van der Waals surface area (Å²) in [6, 6.07) is 23.2. The first-order valence-corrected chi connectivity index (χ1v) is 10.9. The van der Waals surface area contributed by atoms with Crippen molar-refractivity contribution in [2.75, 3.05) is 35.7 Å². The van der Waals surface area contributed by atoms with E-state index in [4.69, 9.17) is 4.74 Å². The first-order valence-electron chi connectivity index (χ1n) is 10.9. The van der Waals surface area contributed by atoms with Gasteiger partial charge < -0.3 is 20.3 Å². The van der Waals surface area contributed by atoms with Crippen molar-refractivity contribution in [3.63, 3.8) is 0 Å². The summed E-state index contributed by atoms with van der Waals surface area (Å²) < 4.78 is 5.18. The molecule has 0 unspecified atom stereocenters. The molecule has 172 valence electrons. The van der Waals surface area contributed by atoms with E-state index in [1.165, 1.54) is 0 Å². The number of ether oxygens (including phenoxy) is 1. The molecule has 1 aliphatic rings. The minimum Gasteiger partial charge on any atom is -0.497 e. The number of rotatable bonds is 6. The Balaban J connectivity index is 1.44. The fraction of sp³-hybridized carbons (Fsp3) is 0.192. The maximum Gasteiger partial charge on any atom is 0.324 e. The first kappa shape index (κ1) is 22.7. The first-order chi connectivity index (χ1) is 16.6. The van der Waals surface area contributed by atoms with Crippen LogP contribution in [0.5, 0.6) is 5.75 Å². The fourth-order valence-corrected chi connectivity index (χ4v) is 3.89. The van der Waals surface area contributed by atoms with Gasteiger partial charge in [-0.25, -0.2) is 9.59 Å². The number of amides is 4. The van der Waals surface area contributed by atoms with Gasteiger partial charge in [-0.05, 0) is 48.4 Å². The van der Waals surface area contributed by atoms with Crippen molar-refractivity contribution < 1.29 is 14.3 Å². The second-order valence-corrected chi connectivity index (χ2v) is 7.84. The van der Waals surface area contributed by atoms with Gasteiger partial charge in [0.25, 0.3) is 0 Å². The molecule has 3 aromatic rings. The third kappa shape index (κ3) is 5.27. The number of nitrogens with zero attached hydrogens (tertiary/aromatic N) is 3. The van der Waals surface area contributed by atoms with Crippen molar-refractivity contribution >= 4 is 29.1 Å². The lowest BCUT2D eigenvalue weighted by molar-refractivity contribution is 0.192. The van der Waals surface area contributed by atoms with E-state index in [2.05, 4.69) is 16.7 Å². The molecule has 4 amide bonds. The summed E-state index contributed by atoms with van der Waals surface area (Å²) >= 11 is 0. The third-order valence-corrected chi connectivity index (χ3v) is 5.55. The number of nitrogens with one attached hydrogen (secondary N) is 2. The van der Waals surface area contributed by atoms with Gasteiger partial charge in [0.15, 0.2) is 0 Å². The van der Waals surface area contributed by atoms with Crippen LogP contribution in [0.3, 0.4) is 0 Å². The number of carbonyl (C=O) groups is 2. The number of nitriles is 1. The SMILES string of the molecule is COc1cccc(NC(=O)Nc2cccc(N3CCCN(Cc4ccccc4C#N)C3=O)c2)c1. The van der Waals surface area contributed by atoms with E-state index < -0.39 is 6.03 Å². The number of urea groups is 2. The highest BCUT2D eigenvalue weighted by atomic mass is 16.5. The molecule has 0 aliphatic carbocycles. The third-order valence-electron chi connectivity index (χ3n) is 5.55. The van der Waals surface area contributed by atoms with Gasteiger partial charge in [-0.2, -0.15) is 5.26 Å². The summed E-state index contributed by atoms with van der Waals surface area (Å²) in [4.78, 5) is 29.1. The van der Waals surface area contributed by atoms with Crippen molar-refractivity contribution in [2.24, 2.45) is 0 Å². The van der Waals surface area contributed by atoms with Crippen LogP contribution in [-0.2, 0) is 6.54 Å². The van der Waals surface area contributed by atoms with Gasteiger partial charge >= 0.3 is 12.1 Å². The van der Waals surface area contributed by atoms with Gasteiger partial charge in [-0.15, -0.1) is 0 Å². The highest BCUT2D eigenvalue weighted by Crippen LogP contribution is 2.25. The van der Waals surface area contributed by atoms with Crippen LogP contribution in [0, 0.1) is 11.3 Å². The molecule has 4 rings (SSSR count). The van der Waals surface area contributed by atoms with E-state index in [9.17, 15) is 14.9 Å². The molecular formula is C26H25N5O3. The lowest BCUT2D eigenvalue weighted by Gasteiger charge is -2.36. The van der Waals surface area contributed by atoms with Crippen LogP contribution in [0.15, 0.2) is 72.8 Å².